The van der Waals surface area contributed by atoms with Gasteiger partial charge in [-0.2, -0.15) is 0 Å². The van der Waals surface area contributed by atoms with Gasteiger partial charge in [0.25, 0.3) is 0 Å². The van der Waals surface area contributed by atoms with E-state index in [0.29, 0.717) is 0 Å². The van der Waals surface area contributed by atoms with Gasteiger partial charge >= 0.3 is 0 Å². The van der Waals surface area contributed by atoms with E-state index < -0.39 is 0 Å². The zero-order chi connectivity index (χ0) is 10.3. The zero-order valence-corrected chi connectivity index (χ0v) is 10.6. The van der Waals surface area contributed by atoms with Crippen molar-refractivity contribution in [2.75, 3.05) is 0 Å². The van der Waals surface area contributed by atoms with Gasteiger partial charge in [0, 0.05) is 46.9 Å². The Bertz CT molecular complexity index is 641. The molecule has 16 heavy (non-hydrogen) atoms. The van der Waals surface area contributed by atoms with Crippen LogP contribution in [0.15, 0.2) is 48.5 Å². The molecule has 0 N–H and O–H groups in total. The molecule has 3 aromatic rings. The number of hydrogen-bond acceptors (Lipinski definition) is 0. The molecule has 0 spiro atoms. The third kappa shape index (κ3) is 2.07. The van der Waals surface area contributed by atoms with Crippen molar-refractivity contribution in [2.45, 2.75) is 6.92 Å². The summed E-state index contributed by atoms with van der Waals surface area (Å²) in [4.78, 5) is 0. The largest absolute Gasteiger partial charge is 0.147 e. The summed E-state index contributed by atoms with van der Waals surface area (Å²) in [5.74, 6) is 0. The number of aryl methyl sites for hydroxylation is 1. The molecule has 3 aromatic carbocycles. The van der Waals surface area contributed by atoms with Crippen molar-refractivity contribution in [3.63, 3.8) is 0 Å². The van der Waals surface area contributed by atoms with Gasteiger partial charge < -0.3 is 0 Å². The Hall–Kier alpha value is -0.301. The van der Waals surface area contributed by atoms with E-state index in [0.717, 1.165) is 0 Å². The average molecular weight is 364 g/mol. The van der Waals surface area contributed by atoms with Crippen LogP contribution in [0.3, 0.4) is 0 Å². The van der Waals surface area contributed by atoms with Gasteiger partial charge in [0.1, 0.15) is 0 Å². The summed E-state index contributed by atoms with van der Waals surface area (Å²) in [6.45, 7) is 2.15. The van der Waals surface area contributed by atoms with Gasteiger partial charge in [0.05, 0.1) is 0 Å². The van der Waals surface area contributed by atoms with E-state index in [9.17, 15) is 0 Å². The first-order chi connectivity index (χ1) is 7.34. The van der Waals surface area contributed by atoms with Crippen LogP contribution in [0, 0.1) is 59.9 Å². The van der Waals surface area contributed by atoms with Gasteiger partial charge in [-0.05, 0) is 12.3 Å². The normalized spacial score (nSPS) is 10.3. The van der Waals surface area contributed by atoms with Crippen molar-refractivity contribution in [3.05, 3.63) is 60.2 Å². The minimum Gasteiger partial charge on any atom is -0.147 e. The van der Waals surface area contributed by atoms with Crippen LogP contribution in [0.5, 0.6) is 0 Å². The van der Waals surface area contributed by atoms with Crippen molar-refractivity contribution < 1.29 is 46.9 Å². The van der Waals surface area contributed by atoms with Crippen molar-refractivity contribution in [1.29, 1.82) is 0 Å². The van der Waals surface area contributed by atoms with E-state index in [1.165, 1.54) is 27.1 Å². The van der Waals surface area contributed by atoms with Crippen LogP contribution < -0.4 is 0 Å². The van der Waals surface area contributed by atoms with Gasteiger partial charge in [-0.1, -0.05) is 35.2 Å². The molecule has 0 nitrogen and oxygen atoms in total. The molecule has 0 aromatic heterocycles. The predicted octanol–water partition coefficient (Wildman–Crippen LogP) is 4.10. The molecule has 0 aliphatic rings. The summed E-state index contributed by atoms with van der Waals surface area (Å²) < 4.78 is 0. The standard InChI is InChI=1S/C15H11.Yb/c1-11-5-4-8-14-9-12-6-2-3-7-13(12)10-15(11)14;/h2-6,8-10H,1H3;/q-1;. The first-order valence-corrected chi connectivity index (χ1v) is 5.14. The van der Waals surface area contributed by atoms with E-state index in [2.05, 4.69) is 49.4 Å². The van der Waals surface area contributed by atoms with E-state index >= 15 is 0 Å². The molecular weight excluding hydrogens is 353 g/mol. The minimum atomic E-state index is 0. The quantitative estimate of drug-likeness (QED) is 0.416. The van der Waals surface area contributed by atoms with Crippen molar-refractivity contribution in [1.82, 2.24) is 0 Å². The van der Waals surface area contributed by atoms with Crippen LogP contribution in [0.4, 0.5) is 0 Å². The fraction of sp³-hybridized carbons (Fsp3) is 0.0667. The second-order valence-corrected chi connectivity index (χ2v) is 3.91. The summed E-state index contributed by atoms with van der Waals surface area (Å²) >= 11 is 0. The molecule has 1 heteroatoms. The maximum atomic E-state index is 3.27. The monoisotopic (exact) mass is 365 g/mol. The number of fused-ring (bicyclic) bond motifs is 2. The Balaban J connectivity index is 0.000000963. The van der Waals surface area contributed by atoms with Gasteiger partial charge in [-0.3, -0.25) is 0 Å². The van der Waals surface area contributed by atoms with Crippen LogP contribution in [-0.4, -0.2) is 0 Å². The van der Waals surface area contributed by atoms with Crippen LogP contribution in [-0.2, 0) is 0 Å². The maximum Gasteiger partial charge on any atom is 0 e. The van der Waals surface area contributed by atoms with Gasteiger partial charge in [0.15, 0.2) is 0 Å². The predicted molar refractivity (Wildman–Crippen MR) is 65.0 cm³/mol. The smallest absolute Gasteiger partial charge is 0 e. The maximum absolute atomic E-state index is 3.27. The van der Waals surface area contributed by atoms with Gasteiger partial charge in [-0.15, -0.1) is 41.1 Å². The van der Waals surface area contributed by atoms with Crippen molar-refractivity contribution in [3.8, 4) is 0 Å². The number of rotatable bonds is 0. The number of benzene rings is 3. The number of hydrogen-bond donors (Lipinski definition) is 0. The molecular formula is C15H11Yb-. The van der Waals surface area contributed by atoms with Crippen LogP contribution >= 0.6 is 0 Å². The Labute approximate surface area is 134 Å². The van der Waals surface area contributed by atoms with Gasteiger partial charge in [-0.25, -0.2) is 0 Å². The van der Waals surface area contributed by atoms with Crippen molar-refractivity contribution >= 4 is 21.5 Å². The van der Waals surface area contributed by atoms with Crippen LogP contribution in [0.2, 0.25) is 0 Å². The molecule has 0 aliphatic carbocycles. The Morgan fingerprint density at radius 2 is 1.75 bits per heavy atom. The Morgan fingerprint density at radius 3 is 2.62 bits per heavy atom. The summed E-state index contributed by atoms with van der Waals surface area (Å²) in [6.07, 6.45) is 0. The molecule has 0 amide bonds. The first-order valence-electron chi connectivity index (χ1n) is 5.14. The van der Waals surface area contributed by atoms with Crippen LogP contribution in [0.1, 0.15) is 5.56 Å². The molecule has 0 saturated heterocycles. The van der Waals surface area contributed by atoms with E-state index in [-0.39, 0.29) is 46.9 Å². The fourth-order valence-electron chi connectivity index (χ4n) is 2.05. The van der Waals surface area contributed by atoms with E-state index in [1.54, 1.807) is 0 Å². The van der Waals surface area contributed by atoms with Gasteiger partial charge in [0.2, 0.25) is 0 Å². The summed E-state index contributed by atoms with van der Waals surface area (Å²) in [5.41, 5.74) is 1.33. The summed E-state index contributed by atoms with van der Waals surface area (Å²) in [5, 5.41) is 5.09. The third-order valence-corrected chi connectivity index (χ3v) is 2.88. The zero-order valence-electron chi connectivity index (χ0n) is 8.89. The fourth-order valence-corrected chi connectivity index (χ4v) is 2.05. The molecule has 3 rings (SSSR count). The molecule has 86 valence electrons. The average Bonchev–Trinajstić information content (AvgIpc) is 2.27. The van der Waals surface area contributed by atoms with Crippen molar-refractivity contribution in [2.24, 2.45) is 0 Å². The van der Waals surface area contributed by atoms with Crippen LogP contribution in [0.25, 0.3) is 21.5 Å². The Kier molecular flexibility index (Phi) is 3.73. The molecule has 0 bridgehead atoms. The second kappa shape index (κ2) is 4.91. The molecule has 0 aliphatic heterocycles. The summed E-state index contributed by atoms with van der Waals surface area (Å²) in [6, 6.07) is 20.3. The molecule has 0 saturated carbocycles. The molecule has 0 fully saturated rings. The minimum absolute atomic E-state index is 0. The molecule has 0 unspecified atom stereocenters. The topological polar surface area (TPSA) is 0 Å². The summed E-state index contributed by atoms with van der Waals surface area (Å²) in [7, 11) is 0. The second-order valence-electron chi connectivity index (χ2n) is 3.91. The van der Waals surface area contributed by atoms with E-state index in [4.69, 9.17) is 0 Å². The van der Waals surface area contributed by atoms with E-state index in [1.807, 2.05) is 12.1 Å². The molecule has 0 heterocycles. The SMILES string of the molecule is Cc1cccc2cc3ccc[c-]c3cc12.[Yb]. The molecule has 0 radical (unpaired) electrons. The molecule has 0 atom stereocenters. The first kappa shape index (κ1) is 12.2. The third-order valence-electron chi connectivity index (χ3n) is 2.88. The Morgan fingerprint density at radius 1 is 0.938 bits per heavy atom.